The SMILES string of the molecule is c1ccc(-c2nc(-c3ccccc3)nc(-c3cc4nc(-c5ccccc5)[se]c4c4ccccc34)n2)cc1. The standard InChI is InChI=1S/C32H20N4Se/c1-4-12-21(13-5-1)29-34-30(22-14-6-2-7-15-22)36-31(35-29)26-20-27-28(25-19-11-10-18-24(25)26)37-32(33-27)23-16-8-3-9-17-23/h1-20H. The van der Waals surface area contributed by atoms with Gasteiger partial charge in [-0.15, -0.1) is 0 Å². The van der Waals surface area contributed by atoms with E-state index < -0.39 is 0 Å². The molecule has 37 heavy (non-hydrogen) atoms. The van der Waals surface area contributed by atoms with Crippen LogP contribution in [0.4, 0.5) is 0 Å². The van der Waals surface area contributed by atoms with Crippen LogP contribution in [-0.2, 0) is 0 Å². The van der Waals surface area contributed by atoms with E-state index in [9.17, 15) is 0 Å². The summed E-state index contributed by atoms with van der Waals surface area (Å²) in [6.45, 7) is 0. The summed E-state index contributed by atoms with van der Waals surface area (Å²) >= 11 is 0.123. The second kappa shape index (κ2) is 9.21. The van der Waals surface area contributed by atoms with E-state index in [4.69, 9.17) is 19.9 Å². The van der Waals surface area contributed by atoms with Crippen LogP contribution in [0, 0.1) is 0 Å². The minimum absolute atomic E-state index is 0.123. The van der Waals surface area contributed by atoms with Gasteiger partial charge in [0.05, 0.1) is 0 Å². The Bertz CT molecular complexity index is 1810. The number of nitrogens with zero attached hydrogens (tertiary/aromatic N) is 4. The third kappa shape index (κ3) is 4.05. The topological polar surface area (TPSA) is 51.6 Å². The van der Waals surface area contributed by atoms with Crippen LogP contribution in [0.5, 0.6) is 0 Å². The summed E-state index contributed by atoms with van der Waals surface area (Å²) in [7, 11) is 0. The fraction of sp³-hybridized carbons (Fsp3) is 0. The number of hydrogen-bond acceptors (Lipinski definition) is 4. The molecule has 0 saturated carbocycles. The molecule has 0 aliphatic heterocycles. The molecule has 5 aromatic carbocycles. The van der Waals surface area contributed by atoms with Crippen LogP contribution in [0.1, 0.15) is 0 Å². The van der Waals surface area contributed by atoms with Crippen LogP contribution >= 0.6 is 0 Å². The Hall–Kier alpha value is -4.44. The van der Waals surface area contributed by atoms with E-state index in [2.05, 4.69) is 54.6 Å². The molecular weight excluding hydrogens is 519 g/mol. The molecule has 0 amide bonds. The molecule has 7 aromatic rings. The van der Waals surface area contributed by atoms with E-state index in [1.165, 1.54) is 15.2 Å². The molecule has 174 valence electrons. The molecule has 0 N–H and O–H groups in total. The fourth-order valence-electron chi connectivity index (χ4n) is 4.57. The second-order valence-electron chi connectivity index (χ2n) is 8.74. The molecule has 0 aliphatic rings. The quantitative estimate of drug-likeness (QED) is 0.220. The molecule has 0 atom stereocenters. The van der Waals surface area contributed by atoms with Crippen LogP contribution in [0.25, 0.3) is 64.8 Å². The van der Waals surface area contributed by atoms with Gasteiger partial charge in [-0.3, -0.25) is 0 Å². The van der Waals surface area contributed by atoms with Gasteiger partial charge in [0.2, 0.25) is 0 Å². The molecule has 5 heteroatoms. The van der Waals surface area contributed by atoms with Crippen molar-refractivity contribution in [3.05, 3.63) is 121 Å². The zero-order valence-electron chi connectivity index (χ0n) is 19.7. The van der Waals surface area contributed by atoms with Crippen LogP contribution in [-0.4, -0.2) is 34.4 Å². The van der Waals surface area contributed by atoms with Gasteiger partial charge >= 0.3 is 221 Å². The van der Waals surface area contributed by atoms with E-state index in [0.29, 0.717) is 17.5 Å². The van der Waals surface area contributed by atoms with Gasteiger partial charge in [0.25, 0.3) is 0 Å². The number of fused-ring (bicyclic) bond motifs is 3. The third-order valence-electron chi connectivity index (χ3n) is 6.36. The van der Waals surface area contributed by atoms with Crippen LogP contribution < -0.4 is 0 Å². The Balaban J connectivity index is 1.50. The predicted octanol–water partition coefficient (Wildman–Crippen LogP) is 7.30. The molecule has 7 rings (SSSR count). The Morgan fingerprint density at radius 1 is 0.432 bits per heavy atom. The Labute approximate surface area is 220 Å². The molecule has 0 radical (unpaired) electrons. The van der Waals surface area contributed by atoms with Gasteiger partial charge < -0.3 is 0 Å². The summed E-state index contributed by atoms with van der Waals surface area (Å²) in [5, 5.41) is 2.35. The van der Waals surface area contributed by atoms with Crippen molar-refractivity contribution in [1.82, 2.24) is 19.9 Å². The van der Waals surface area contributed by atoms with Gasteiger partial charge in [-0.25, -0.2) is 0 Å². The van der Waals surface area contributed by atoms with Crippen molar-refractivity contribution in [2.75, 3.05) is 0 Å². The zero-order valence-corrected chi connectivity index (χ0v) is 21.5. The van der Waals surface area contributed by atoms with E-state index >= 15 is 0 Å². The van der Waals surface area contributed by atoms with Crippen molar-refractivity contribution >= 4 is 35.1 Å². The summed E-state index contributed by atoms with van der Waals surface area (Å²) in [6.07, 6.45) is 0. The van der Waals surface area contributed by atoms with E-state index in [1.807, 2.05) is 66.7 Å². The van der Waals surface area contributed by atoms with Gasteiger partial charge in [0.1, 0.15) is 0 Å². The fourth-order valence-corrected chi connectivity index (χ4v) is 6.85. The van der Waals surface area contributed by atoms with Crippen molar-refractivity contribution in [2.24, 2.45) is 0 Å². The van der Waals surface area contributed by atoms with Gasteiger partial charge in [-0.2, -0.15) is 0 Å². The summed E-state index contributed by atoms with van der Waals surface area (Å²) in [5.74, 6) is 1.97. The van der Waals surface area contributed by atoms with E-state index in [0.717, 1.165) is 32.2 Å². The maximum atomic E-state index is 5.09. The third-order valence-corrected chi connectivity index (χ3v) is 8.78. The number of hydrogen-bond donors (Lipinski definition) is 0. The first-order valence-electron chi connectivity index (χ1n) is 12.1. The molecule has 0 aliphatic carbocycles. The van der Waals surface area contributed by atoms with Crippen molar-refractivity contribution in [3.8, 4) is 44.3 Å². The number of rotatable bonds is 4. The average Bonchev–Trinajstić information content (AvgIpc) is 3.43. The van der Waals surface area contributed by atoms with Crippen molar-refractivity contribution in [1.29, 1.82) is 0 Å². The molecule has 0 spiro atoms. The summed E-state index contributed by atoms with van der Waals surface area (Å²) < 4.78 is 2.46. The first-order valence-corrected chi connectivity index (χ1v) is 13.8. The van der Waals surface area contributed by atoms with Crippen LogP contribution in [0.15, 0.2) is 121 Å². The molecule has 0 bridgehead atoms. The van der Waals surface area contributed by atoms with Crippen LogP contribution in [0.3, 0.4) is 0 Å². The van der Waals surface area contributed by atoms with Crippen molar-refractivity contribution < 1.29 is 0 Å². The molecule has 0 fully saturated rings. The first-order chi connectivity index (χ1) is 18.3. The number of aromatic nitrogens is 4. The van der Waals surface area contributed by atoms with Crippen LogP contribution in [0.2, 0.25) is 0 Å². The summed E-state index contributed by atoms with van der Waals surface area (Å²) in [5.41, 5.74) is 5.08. The summed E-state index contributed by atoms with van der Waals surface area (Å²) in [4.78, 5) is 19.9. The van der Waals surface area contributed by atoms with Gasteiger partial charge in [-0.05, 0) is 0 Å². The Morgan fingerprint density at radius 3 is 1.51 bits per heavy atom. The van der Waals surface area contributed by atoms with E-state index in [-0.39, 0.29) is 14.5 Å². The monoisotopic (exact) mass is 540 g/mol. The molecule has 2 heterocycles. The normalized spacial score (nSPS) is 11.2. The second-order valence-corrected chi connectivity index (χ2v) is 10.8. The van der Waals surface area contributed by atoms with Gasteiger partial charge in [-0.1, -0.05) is 0 Å². The molecule has 2 aromatic heterocycles. The van der Waals surface area contributed by atoms with Crippen molar-refractivity contribution in [3.63, 3.8) is 0 Å². The zero-order chi connectivity index (χ0) is 24.6. The summed E-state index contributed by atoms with van der Waals surface area (Å²) in [6, 6.07) is 41.3. The minimum atomic E-state index is 0.123. The Kier molecular flexibility index (Phi) is 5.43. The number of benzene rings is 5. The van der Waals surface area contributed by atoms with Gasteiger partial charge in [0, 0.05) is 0 Å². The van der Waals surface area contributed by atoms with Crippen molar-refractivity contribution in [2.45, 2.75) is 0 Å². The average molecular weight is 540 g/mol. The molecular formula is C32H20N4Se. The first kappa shape index (κ1) is 21.8. The Morgan fingerprint density at radius 2 is 0.919 bits per heavy atom. The molecule has 0 unspecified atom stereocenters. The molecule has 0 saturated heterocycles. The van der Waals surface area contributed by atoms with E-state index in [1.54, 1.807) is 0 Å². The molecule has 4 nitrogen and oxygen atoms in total. The van der Waals surface area contributed by atoms with Gasteiger partial charge in [0.15, 0.2) is 0 Å². The predicted molar refractivity (Wildman–Crippen MR) is 151 cm³/mol. The maximum absolute atomic E-state index is 5.09.